The van der Waals surface area contributed by atoms with Crippen LogP contribution in [0.4, 0.5) is 5.69 Å². The third kappa shape index (κ3) is 2.83. The first kappa shape index (κ1) is 19.9. The van der Waals surface area contributed by atoms with Crippen LogP contribution in [0.2, 0.25) is 0 Å². The fraction of sp³-hybridized carbons (Fsp3) is 0.238. The molecule has 1 aromatic heterocycles. The fourth-order valence-electron chi connectivity index (χ4n) is 3.89. The maximum absolute atomic E-state index is 13.4. The number of ketones is 1. The Balaban J connectivity index is 2.13. The molecular formula is C21H17ClN2O6. The maximum atomic E-state index is 13.4. The lowest BCUT2D eigenvalue weighted by molar-refractivity contribution is -0.384. The number of non-ortho nitro benzene ring substituents is 1. The summed E-state index contributed by atoms with van der Waals surface area (Å²) in [5, 5.41) is 11.9. The fourth-order valence-corrected chi connectivity index (χ4v) is 4.01. The molecule has 0 saturated heterocycles. The molecule has 1 aliphatic rings. The number of benzene rings is 2. The van der Waals surface area contributed by atoms with Crippen LogP contribution in [0.5, 0.6) is 11.5 Å². The Kier molecular flexibility index (Phi) is 4.95. The van der Waals surface area contributed by atoms with Crippen LogP contribution in [-0.2, 0) is 6.54 Å². The van der Waals surface area contributed by atoms with Gasteiger partial charge in [0.1, 0.15) is 0 Å². The SMILES string of the molecule is COc1cc2c3c(n(CCCCl)c(=O)c2cc1OC)-c1ccc([N+](=O)[O-])cc1C3=O. The summed E-state index contributed by atoms with van der Waals surface area (Å²) >= 11 is 5.85. The molecule has 2 aromatic carbocycles. The Labute approximate surface area is 175 Å². The van der Waals surface area contributed by atoms with Crippen molar-refractivity contribution < 1.29 is 19.2 Å². The summed E-state index contributed by atoms with van der Waals surface area (Å²) in [6, 6.07) is 7.24. The summed E-state index contributed by atoms with van der Waals surface area (Å²) in [6.07, 6.45) is 0.517. The van der Waals surface area contributed by atoms with Crippen LogP contribution in [0.3, 0.4) is 0 Å². The Morgan fingerprint density at radius 2 is 1.70 bits per heavy atom. The molecule has 0 aliphatic heterocycles. The van der Waals surface area contributed by atoms with Crippen molar-refractivity contribution >= 4 is 33.8 Å². The molecule has 4 rings (SSSR count). The van der Waals surface area contributed by atoms with E-state index in [1.54, 1.807) is 12.1 Å². The number of nitro benzene ring substituents is 1. The highest BCUT2D eigenvalue weighted by Gasteiger charge is 2.34. The molecule has 1 aliphatic carbocycles. The molecule has 0 saturated carbocycles. The number of aromatic nitrogens is 1. The van der Waals surface area contributed by atoms with Gasteiger partial charge in [0.15, 0.2) is 17.3 Å². The monoisotopic (exact) mass is 428 g/mol. The summed E-state index contributed by atoms with van der Waals surface area (Å²) < 4.78 is 12.2. The normalized spacial score (nSPS) is 12.0. The van der Waals surface area contributed by atoms with Crippen molar-refractivity contribution in [2.75, 3.05) is 20.1 Å². The smallest absolute Gasteiger partial charge is 0.270 e. The van der Waals surface area contributed by atoms with Gasteiger partial charge in [0.2, 0.25) is 0 Å². The number of halogens is 1. The van der Waals surface area contributed by atoms with E-state index in [2.05, 4.69) is 0 Å². The molecule has 0 unspecified atom stereocenters. The second kappa shape index (κ2) is 7.46. The number of methoxy groups -OCH3 is 2. The standard InChI is InChI=1S/C21H17ClN2O6/c1-29-16-9-13-15(10-17(16)30-2)21(26)23(7-3-6-22)19-12-5-4-11(24(27)28)8-14(12)20(25)18(13)19/h4-5,8-10H,3,6-7H2,1-2H3. The van der Waals surface area contributed by atoms with E-state index in [1.165, 1.54) is 37.0 Å². The average Bonchev–Trinajstić information content (AvgIpc) is 3.04. The first-order chi connectivity index (χ1) is 14.4. The first-order valence-electron chi connectivity index (χ1n) is 9.15. The van der Waals surface area contributed by atoms with Crippen LogP contribution in [0, 0.1) is 10.1 Å². The quantitative estimate of drug-likeness (QED) is 0.263. The van der Waals surface area contributed by atoms with E-state index in [4.69, 9.17) is 21.1 Å². The number of hydrogen-bond donors (Lipinski definition) is 0. The number of pyridine rings is 1. The lowest BCUT2D eigenvalue weighted by Gasteiger charge is -2.16. The van der Waals surface area contributed by atoms with Crippen LogP contribution < -0.4 is 15.0 Å². The van der Waals surface area contributed by atoms with Crippen LogP contribution in [-0.4, -0.2) is 35.4 Å². The Morgan fingerprint density at radius 1 is 1.03 bits per heavy atom. The van der Waals surface area contributed by atoms with Crippen LogP contribution in [0.1, 0.15) is 22.3 Å². The van der Waals surface area contributed by atoms with Crippen molar-refractivity contribution in [3.8, 4) is 22.8 Å². The van der Waals surface area contributed by atoms with Crippen LogP contribution in [0.15, 0.2) is 35.1 Å². The van der Waals surface area contributed by atoms with E-state index in [0.717, 1.165) is 0 Å². The van der Waals surface area contributed by atoms with Crippen LogP contribution >= 0.6 is 11.6 Å². The average molecular weight is 429 g/mol. The van der Waals surface area contributed by atoms with Gasteiger partial charge in [-0.1, -0.05) is 0 Å². The second-order valence-electron chi connectivity index (χ2n) is 6.79. The van der Waals surface area contributed by atoms with Crippen molar-refractivity contribution in [2.24, 2.45) is 0 Å². The third-order valence-electron chi connectivity index (χ3n) is 5.23. The van der Waals surface area contributed by atoms with Crippen molar-refractivity contribution in [1.29, 1.82) is 0 Å². The molecule has 0 radical (unpaired) electrons. The van der Waals surface area contributed by atoms with Gasteiger partial charge < -0.3 is 14.0 Å². The topological polar surface area (TPSA) is 101 Å². The number of fused-ring (bicyclic) bond motifs is 5. The molecule has 9 heteroatoms. The van der Waals surface area contributed by atoms with Crippen molar-refractivity contribution in [3.05, 3.63) is 61.9 Å². The molecule has 154 valence electrons. The van der Waals surface area contributed by atoms with E-state index in [1.807, 2.05) is 0 Å². The minimum atomic E-state index is -0.552. The zero-order valence-electron chi connectivity index (χ0n) is 16.2. The number of rotatable bonds is 6. The number of nitrogens with zero attached hydrogens (tertiary/aromatic N) is 2. The number of ether oxygens (including phenoxy) is 2. The van der Waals surface area contributed by atoms with E-state index in [9.17, 15) is 19.7 Å². The molecule has 0 atom stereocenters. The maximum Gasteiger partial charge on any atom is 0.270 e. The Bertz CT molecular complexity index is 1280. The van der Waals surface area contributed by atoms with Gasteiger partial charge in [0.05, 0.1) is 35.8 Å². The molecular weight excluding hydrogens is 412 g/mol. The lowest BCUT2D eigenvalue weighted by atomic mass is 10.0. The number of alkyl halides is 1. The van der Waals surface area contributed by atoms with E-state index < -0.39 is 4.92 Å². The summed E-state index contributed by atoms with van der Waals surface area (Å²) in [5.41, 5.74) is 0.960. The highest BCUT2D eigenvalue weighted by Crippen LogP contribution is 2.43. The summed E-state index contributed by atoms with van der Waals surface area (Å²) in [4.78, 5) is 37.3. The number of carbonyl (C=O) groups excluding carboxylic acids is 1. The van der Waals surface area contributed by atoms with Gasteiger partial charge in [-0.15, -0.1) is 11.6 Å². The summed E-state index contributed by atoms with van der Waals surface area (Å²) in [7, 11) is 2.93. The minimum Gasteiger partial charge on any atom is -0.493 e. The van der Waals surface area contributed by atoms with Gasteiger partial charge in [0, 0.05) is 41.1 Å². The number of carbonyl (C=O) groups is 1. The molecule has 3 aromatic rings. The molecule has 0 N–H and O–H groups in total. The zero-order chi connectivity index (χ0) is 21.6. The summed E-state index contributed by atoms with van der Waals surface area (Å²) in [5.74, 6) is 0.705. The second-order valence-corrected chi connectivity index (χ2v) is 7.17. The van der Waals surface area contributed by atoms with Gasteiger partial charge in [-0.05, 0) is 24.6 Å². The van der Waals surface area contributed by atoms with E-state index in [0.29, 0.717) is 57.9 Å². The van der Waals surface area contributed by atoms with Crippen molar-refractivity contribution in [2.45, 2.75) is 13.0 Å². The molecule has 0 spiro atoms. The van der Waals surface area contributed by atoms with Crippen LogP contribution in [0.25, 0.3) is 22.0 Å². The van der Waals surface area contributed by atoms with Gasteiger partial charge in [-0.25, -0.2) is 0 Å². The molecule has 0 amide bonds. The van der Waals surface area contributed by atoms with Gasteiger partial charge in [0.25, 0.3) is 11.2 Å². The highest BCUT2D eigenvalue weighted by atomic mass is 35.5. The molecule has 0 bridgehead atoms. The lowest BCUT2D eigenvalue weighted by Crippen LogP contribution is -2.23. The highest BCUT2D eigenvalue weighted by molar-refractivity contribution is 6.27. The predicted octanol–water partition coefficient (Wildman–Crippen LogP) is 3.77. The zero-order valence-corrected chi connectivity index (χ0v) is 17.0. The predicted molar refractivity (Wildman–Crippen MR) is 112 cm³/mol. The summed E-state index contributed by atoms with van der Waals surface area (Å²) in [6.45, 7) is 0.304. The Morgan fingerprint density at radius 3 is 2.30 bits per heavy atom. The molecule has 1 heterocycles. The van der Waals surface area contributed by atoms with Crippen molar-refractivity contribution in [3.63, 3.8) is 0 Å². The molecule has 30 heavy (non-hydrogen) atoms. The van der Waals surface area contributed by atoms with E-state index in [-0.39, 0.29) is 22.6 Å². The van der Waals surface area contributed by atoms with Gasteiger partial charge in [-0.2, -0.15) is 0 Å². The number of nitro groups is 1. The Hall–Kier alpha value is -3.39. The number of hydrogen-bond acceptors (Lipinski definition) is 6. The molecule has 8 nitrogen and oxygen atoms in total. The third-order valence-corrected chi connectivity index (χ3v) is 5.50. The van der Waals surface area contributed by atoms with E-state index >= 15 is 0 Å². The van der Waals surface area contributed by atoms with Crippen molar-refractivity contribution in [1.82, 2.24) is 4.57 Å². The minimum absolute atomic E-state index is 0.187. The van der Waals surface area contributed by atoms with Gasteiger partial charge in [-0.3, -0.25) is 19.7 Å². The van der Waals surface area contributed by atoms with Gasteiger partial charge >= 0.3 is 0 Å². The molecule has 0 fully saturated rings. The largest absolute Gasteiger partial charge is 0.493 e. The first-order valence-corrected chi connectivity index (χ1v) is 9.68.